The van der Waals surface area contributed by atoms with Crippen molar-refractivity contribution < 1.29 is 4.79 Å². The summed E-state index contributed by atoms with van der Waals surface area (Å²) in [5.41, 5.74) is 3.92. The molecule has 1 fully saturated rings. The highest BCUT2D eigenvalue weighted by Gasteiger charge is 2.25. The van der Waals surface area contributed by atoms with Gasteiger partial charge in [0.2, 0.25) is 0 Å². The molecule has 0 atom stereocenters. The number of piperidine rings is 1. The Hall–Kier alpha value is -2.16. The molecule has 0 bridgehead atoms. The van der Waals surface area contributed by atoms with Crippen LogP contribution in [0, 0.1) is 13.8 Å². The number of benzene rings is 1. The summed E-state index contributed by atoms with van der Waals surface area (Å²) in [6.07, 6.45) is 2.07. The van der Waals surface area contributed by atoms with Gasteiger partial charge in [-0.1, -0.05) is 30.3 Å². The van der Waals surface area contributed by atoms with Crippen molar-refractivity contribution >= 4 is 5.91 Å². The molecule has 0 unspecified atom stereocenters. The van der Waals surface area contributed by atoms with Gasteiger partial charge in [-0.3, -0.25) is 9.78 Å². The first-order valence-electron chi connectivity index (χ1n) is 7.93. The Labute approximate surface area is 132 Å². The molecule has 3 heteroatoms. The average molecular weight is 294 g/mol. The van der Waals surface area contributed by atoms with Crippen molar-refractivity contribution in [3.63, 3.8) is 0 Å². The molecule has 0 radical (unpaired) electrons. The molecule has 114 valence electrons. The zero-order chi connectivity index (χ0) is 15.5. The zero-order valence-electron chi connectivity index (χ0n) is 13.2. The van der Waals surface area contributed by atoms with Crippen LogP contribution in [0.25, 0.3) is 0 Å². The fraction of sp³-hybridized carbons (Fsp3) is 0.368. The maximum absolute atomic E-state index is 12.7. The molecule has 22 heavy (non-hydrogen) atoms. The number of likely N-dealkylation sites (tertiary alicyclic amines) is 1. The summed E-state index contributed by atoms with van der Waals surface area (Å²) in [7, 11) is 0. The summed E-state index contributed by atoms with van der Waals surface area (Å²) in [6, 6.07) is 14.4. The Bertz CT molecular complexity index is 658. The van der Waals surface area contributed by atoms with Crippen LogP contribution in [0.2, 0.25) is 0 Å². The van der Waals surface area contributed by atoms with Gasteiger partial charge in [-0.2, -0.15) is 0 Å². The van der Waals surface area contributed by atoms with Crippen molar-refractivity contribution in [3.8, 4) is 0 Å². The number of pyridine rings is 1. The number of carbonyl (C=O) groups excluding carboxylic acids is 1. The number of amides is 1. The van der Waals surface area contributed by atoms with Crippen molar-refractivity contribution in [2.75, 3.05) is 13.1 Å². The lowest BCUT2D eigenvalue weighted by atomic mass is 9.89. The summed E-state index contributed by atoms with van der Waals surface area (Å²) in [6.45, 7) is 5.51. The second-order valence-electron chi connectivity index (χ2n) is 6.06. The van der Waals surface area contributed by atoms with E-state index in [0.29, 0.717) is 5.92 Å². The molecule has 0 N–H and O–H groups in total. The second kappa shape index (κ2) is 6.30. The molecule has 2 aromatic rings. The number of carbonyl (C=O) groups is 1. The van der Waals surface area contributed by atoms with E-state index in [-0.39, 0.29) is 5.91 Å². The van der Waals surface area contributed by atoms with Gasteiger partial charge in [-0.05, 0) is 50.3 Å². The van der Waals surface area contributed by atoms with E-state index in [1.807, 2.05) is 30.9 Å². The molecule has 3 nitrogen and oxygen atoms in total. The highest BCUT2D eigenvalue weighted by Crippen LogP contribution is 2.28. The van der Waals surface area contributed by atoms with Gasteiger partial charge in [-0.25, -0.2) is 0 Å². The van der Waals surface area contributed by atoms with Gasteiger partial charge < -0.3 is 4.90 Å². The lowest BCUT2D eigenvalue weighted by molar-refractivity contribution is 0.0711. The Morgan fingerprint density at radius 2 is 1.73 bits per heavy atom. The molecule has 3 rings (SSSR count). The highest BCUT2D eigenvalue weighted by atomic mass is 16.2. The summed E-state index contributed by atoms with van der Waals surface area (Å²) >= 11 is 0. The van der Waals surface area contributed by atoms with Gasteiger partial charge in [0.15, 0.2) is 0 Å². The van der Waals surface area contributed by atoms with Crippen molar-refractivity contribution in [3.05, 3.63) is 65.0 Å². The lowest BCUT2D eigenvalue weighted by Gasteiger charge is -2.32. The zero-order valence-corrected chi connectivity index (χ0v) is 13.2. The molecule has 1 saturated heterocycles. The third kappa shape index (κ3) is 3.03. The van der Waals surface area contributed by atoms with Crippen LogP contribution in [0.1, 0.15) is 46.1 Å². The lowest BCUT2D eigenvalue weighted by Crippen LogP contribution is -2.38. The number of aromatic nitrogens is 1. The predicted molar refractivity (Wildman–Crippen MR) is 88.0 cm³/mol. The van der Waals surface area contributed by atoms with E-state index >= 15 is 0 Å². The van der Waals surface area contributed by atoms with Gasteiger partial charge in [0.05, 0.1) is 11.3 Å². The second-order valence-corrected chi connectivity index (χ2v) is 6.06. The average Bonchev–Trinajstić information content (AvgIpc) is 2.55. The number of nitrogens with zero attached hydrogens (tertiary/aromatic N) is 2. The van der Waals surface area contributed by atoms with Crippen LogP contribution in [-0.2, 0) is 0 Å². The van der Waals surface area contributed by atoms with Crippen molar-refractivity contribution in [1.82, 2.24) is 9.88 Å². The molecule has 1 aliphatic rings. The van der Waals surface area contributed by atoms with Crippen LogP contribution < -0.4 is 0 Å². The Morgan fingerprint density at radius 1 is 1.05 bits per heavy atom. The summed E-state index contributed by atoms with van der Waals surface area (Å²) in [4.78, 5) is 19.0. The Morgan fingerprint density at radius 3 is 2.36 bits per heavy atom. The van der Waals surface area contributed by atoms with Gasteiger partial charge in [0.25, 0.3) is 5.91 Å². The molecular weight excluding hydrogens is 272 g/mol. The number of hydrogen-bond acceptors (Lipinski definition) is 2. The minimum atomic E-state index is 0.122. The van der Waals surface area contributed by atoms with E-state index in [9.17, 15) is 4.79 Å². The molecular formula is C19H22N2O. The van der Waals surface area contributed by atoms with E-state index in [1.54, 1.807) is 0 Å². The third-order valence-corrected chi connectivity index (χ3v) is 4.51. The number of rotatable bonds is 2. The van der Waals surface area contributed by atoms with E-state index in [4.69, 9.17) is 0 Å². The SMILES string of the molecule is Cc1ccc(C(=O)N2CCC(c3ccccc3)CC2)c(C)n1. The van der Waals surface area contributed by atoms with Crippen molar-refractivity contribution in [1.29, 1.82) is 0 Å². The topological polar surface area (TPSA) is 33.2 Å². The van der Waals surface area contributed by atoms with Crippen molar-refractivity contribution in [2.45, 2.75) is 32.6 Å². The molecule has 1 aromatic carbocycles. The van der Waals surface area contributed by atoms with Crippen LogP contribution in [0.4, 0.5) is 0 Å². The van der Waals surface area contributed by atoms with E-state index < -0.39 is 0 Å². The molecule has 1 aromatic heterocycles. The smallest absolute Gasteiger partial charge is 0.255 e. The summed E-state index contributed by atoms with van der Waals surface area (Å²) in [5, 5.41) is 0. The number of aryl methyl sites for hydroxylation is 2. The van der Waals surface area contributed by atoms with Crippen LogP contribution in [0.15, 0.2) is 42.5 Å². The summed E-state index contributed by atoms with van der Waals surface area (Å²) in [5.74, 6) is 0.694. The third-order valence-electron chi connectivity index (χ3n) is 4.51. The first-order valence-corrected chi connectivity index (χ1v) is 7.93. The molecule has 2 heterocycles. The maximum atomic E-state index is 12.7. The van der Waals surface area contributed by atoms with Gasteiger partial charge >= 0.3 is 0 Å². The maximum Gasteiger partial charge on any atom is 0.255 e. The van der Waals surface area contributed by atoms with Crippen molar-refractivity contribution in [2.24, 2.45) is 0 Å². The molecule has 0 saturated carbocycles. The predicted octanol–water partition coefficient (Wildman–Crippen LogP) is 3.72. The van der Waals surface area contributed by atoms with Gasteiger partial charge in [0.1, 0.15) is 0 Å². The van der Waals surface area contributed by atoms with Crippen LogP contribution >= 0.6 is 0 Å². The van der Waals surface area contributed by atoms with E-state index in [0.717, 1.165) is 42.9 Å². The van der Waals surface area contributed by atoms with Gasteiger partial charge in [-0.15, -0.1) is 0 Å². The fourth-order valence-electron chi connectivity index (χ4n) is 3.22. The van der Waals surface area contributed by atoms with E-state index in [2.05, 4.69) is 35.3 Å². The van der Waals surface area contributed by atoms with Crippen LogP contribution in [0.3, 0.4) is 0 Å². The van der Waals surface area contributed by atoms with E-state index in [1.165, 1.54) is 5.56 Å². The minimum Gasteiger partial charge on any atom is -0.339 e. The monoisotopic (exact) mass is 294 g/mol. The molecule has 1 amide bonds. The standard InChI is InChI=1S/C19H22N2O/c1-14-8-9-18(15(2)20-14)19(22)21-12-10-17(11-13-21)16-6-4-3-5-7-16/h3-9,17H,10-13H2,1-2H3. The quantitative estimate of drug-likeness (QED) is 0.846. The molecule has 0 spiro atoms. The first-order chi connectivity index (χ1) is 10.6. The summed E-state index contributed by atoms with van der Waals surface area (Å²) < 4.78 is 0. The highest BCUT2D eigenvalue weighted by molar-refractivity contribution is 5.95. The Kier molecular flexibility index (Phi) is 4.23. The first kappa shape index (κ1) is 14.8. The molecule has 1 aliphatic heterocycles. The Balaban J connectivity index is 1.67. The van der Waals surface area contributed by atoms with Crippen LogP contribution in [-0.4, -0.2) is 28.9 Å². The van der Waals surface area contributed by atoms with Gasteiger partial charge in [0, 0.05) is 18.8 Å². The normalized spacial score (nSPS) is 15.8. The van der Waals surface area contributed by atoms with Crippen LogP contribution in [0.5, 0.6) is 0 Å². The largest absolute Gasteiger partial charge is 0.339 e. The fourth-order valence-corrected chi connectivity index (χ4v) is 3.22. The minimum absolute atomic E-state index is 0.122. The number of hydrogen-bond donors (Lipinski definition) is 0. The molecule has 0 aliphatic carbocycles.